The molecule has 1 aliphatic carbocycles. The van der Waals surface area contributed by atoms with Crippen LogP contribution in [0.1, 0.15) is 17.9 Å². The highest BCUT2D eigenvalue weighted by Gasteiger charge is 2.42. The SMILES string of the molecule is OC(CSc1ccc(Cl)cc1)C1CC1c1ccccc1. The Hall–Kier alpha value is -0.960. The van der Waals surface area contributed by atoms with Gasteiger partial charge < -0.3 is 5.11 Å². The van der Waals surface area contributed by atoms with Crippen LogP contribution in [0.5, 0.6) is 0 Å². The summed E-state index contributed by atoms with van der Waals surface area (Å²) in [7, 11) is 0. The van der Waals surface area contributed by atoms with Crippen LogP contribution in [0.3, 0.4) is 0 Å². The van der Waals surface area contributed by atoms with Gasteiger partial charge in [0.25, 0.3) is 0 Å². The predicted molar refractivity (Wildman–Crippen MR) is 85.5 cm³/mol. The van der Waals surface area contributed by atoms with Gasteiger partial charge in [-0.1, -0.05) is 41.9 Å². The summed E-state index contributed by atoms with van der Waals surface area (Å²) in [5.74, 6) is 1.70. The molecule has 0 amide bonds. The number of benzene rings is 2. The fraction of sp³-hybridized carbons (Fsp3) is 0.294. The Morgan fingerprint density at radius 1 is 1.10 bits per heavy atom. The highest BCUT2D eigenvalue weighted by atomic mass is 35.5. The fourth-order valence-corrected chi connectivity index (χ4v) is 3.62. The maximum Gasteiger partial charge on any atom is 0.0668 e. The monoisotopic (exact) mass is 304 g/mol. The van der Waals surface area contributed by atoms with Gasteiger partial charge in [-0.25, -0.2) is 0 Å². The first kappa shape index (κ1) is 14.0. The van der Waals surface area contributed by atoms with E-state index in [-0.39, 0.29) is 6.10 Å². The van der Waals surface area contributed by atoms with Crippen LogP contribution < -0.4 is 0 Å². The number of rotatable bonds is 5. The Balaban J connectivity index is 1.51. The molecule has 0 bridgehead atoms. The zero-order chi connectivity index (χ0) is 13.9. The second kappa shape index (κ2) is 6.21. The van der Waals surface area contributed by atoms with E-state index in [1.807, 2.05) is 30.3 Å². The molecule has 1 fully saturated rings. The molecule has 3 atom stereocenters. The molecule has 2 aromatic rings. The van der Waals surface area contributed by atoms with Crippen molar-refractivity contribution in [1.82, 2.24) is 0 Å². The molecule has 3 rings (SSSR count). The number of hydrogen-bond acceptors (Lipinski definition) is 2. The summed E-state index contributed by atoms with van der Waals surface area (Å²) < 4.78 is 0. The van der Waals surface area contributed by atoms with Crippen LogP contribution in [0.2, 0.25) is 5.02 Å². The standard InChI is InChI=1S/C17H17ClOS/c18-13-6-8-14(9-7-13)20-11-17(19)16-10-15(16)12-4-2-1-3-5-12/h1-9,15-17,19H,10-11H2. The zero-order valence-corrected chi connectivity index (χ0v) is 12.6. The molecule has 3 unspecified atom stereocenters. The van der Waals surface area contributed by atoms with E-state index in [2.05, 4.69) is 24.3 Å². The lowest BCUT2D eigenvalue weighted by atomic mass is 10.1. The molecule has 3 heteroatoms. The van der Waals surface area contributed by atoms with Crippen molar-refractivity contribution >= 4 is 23.4 Å². The number of hydrogen-bond donors (Lipinski definition) is 1. The van der Waals surface area contributed by atoms with Gasteiger partial charge in [0, 0.05) is 15.7 Å². The third kappa shape index (κ3) is 3.38. The molecule has 0 spiro atoms. The molecule has 0 aromatic heterocycles. The molecule has 1 saturated carbocycles. The molecule has 0 aliphatic heterocycles. The van der Waals surface area contributed by atoms with Gasteiger partial charge in [-0.15, -0.1) is 11.8 Å². The maximum atomic E-state index is 10.3. The van der Waals surface area contributed by atoms with E-state index >= 15 is 0 Å². The highest BCUT2D eigenvalue weighted by molar-refractivity contribution is 7.99. The van der Waals surface area contributed by atoms with Crippen molar-refractivity contribution in [3.05, 3.63) is 65.2 Å². The van der Waals surface area contributed by atoms with Crippen molar-refractivity contribution in [3.63, 3.8) is 0 Å². The van der Waals surface area contributed by atoms with Crippen molar-refractivity contribution in [2.75, 3.05) is 5.75 Å². The lowest BCUT2D eigenvalue weighted by Crippen LogP contribution is -2.13. The topological polar surface area (TPSA) is 20.2 Å². The van der Waals surface area contributed by atoms with Crippen molar-refractivity contribution in [3.8, 4) is 0 Å². The predicted octanol–water partition coefficient (Wildman–Crippen LogP) is 4.60. The van der Waals surface area contributed by atoms with Crippen LogP contribution >= 0.6 is 23.4 Å². The maximum absolute atomic E-state index is 10.3. The van der Waals surface area contributed by atoms with Crippen LogP contribution in [0.25, 0.3) is 0 Å². The number of aliphatic hydroxyl groups excluding tert-OH is 1. The van der Waals surface area contributed by atoms with Gasteiger partial charge in [0.15, 0.2) is 0 Å². The molecule has 2 aromatic carbocycles. The minimum atomic E-state index is -0.235. The van der Waals surface area contributed by atoms with Gasteiger partial charge in [0.05, 0.1) is 6.10 Å². The molecular weight excluding hydrogens is 288 g/mol. The zero-order valence-electron chi connectivity index (χ0n) is 11.1. The molecule has 1 nitrogen and oxygen atoms in total. The van der Waals surface area contributed by atoms with E-state index in [4.69, 9.17) is 11.6 Å². The first-order valence-corrected chi connectivity index (χ1v) is 8.22. The van der Waals surface area contributed by atoms with E-state index in [1.165, 1.54) is 5.56 Å². The third-order valence-corrected chi connectivity index (χ3v) is 5.16. The quantitative estimate of drug-likeness (QED) is 0.815. The average Bonchev–Trinajstić information content (AvgIpc) is 3.28. The van der Waals surface area contributed by atoms with E-state index in [9.17, 15) is 5.11 Å². The average molecular weight is 305 g/mol. The van der Waals surface area contributed by atoms with E-state index < -0.39 is 0 Å². The number of thioether (sulfide) groups is 1. The summed E-state index contributed by atoms with van der Waals surface area (Å²) >= 11 is 7.56. The Morgan fingerprint density at radius 3 is 2.50 bits per heavy atom. The Morgan fingerprint density at radius 2 is 1.80 bits per heavy atom. The van der Waals surface area contributed by atoms with Crippen LogP contribution in [0.15, 0.2) is 59.5 Å². The molecule has 0 heterocycles. The molecule has 1 N–H and O–H groups in total. The molecule has 104 valence electrons. The van der Waals surface area contributed by atoms with E-state index in [0.717, 1.165) is 22.1 Å². The van der Waals surface area contributed by atoms with Crippen molar-refractivity contribution in [1.29, 1.82) is 0 Å². The molecule has 0 saturated heterocycles. The third-order valence-electron chi connectivity index (χ3n) is 3.80. The lowest BCUT2D eigenvalue weighted by Gasteiger charge is -2.10. The lowest BCUT2D eigenvalue weighted by molar-refractivity contribution is 0.173. The van der Waals surface area contributed by atoms with Crippen molar-refractivity contribution in [2.24, 2.45) is 5.92 Å². The van der Waals surface area contributed by atoms with Gasteiger partial charge in [-0.3, -0.25) is 0 Å². The first-order valence-electron chi connectivity index (χ1n) is 6.85. The minimum Gasteiger partial charge on any atom is -0.392 e. The smallest absolute Gasteiger partial charge is 0.0668 e. The van der Waals surface area contributed by atoms with Gasteiger partial charge in [-0.05, 0) is 48.1 Å². The van der Waals surface area contributed by atoms with Crippen molar-refractivity contribution in [2.45, 2.75) is 23.3 Å². The van der Waals surface area contributed by atoms with Gasteiger partial charge >= 0.3 is 0 Å². The summed E-state index contributed by atoms with van der Waals surface area (Å²) in [6.45, 7) is 0. The summed E-state index contributed by atoms with van der Waals surface area (Å²) in [5.41, 5.74) is 1.35. The van der Waals surface area contributed by atoms with Crippen LogP contribution in [0.4, 0.5) is 0 Å². The summed E-state index contributed by atoms with van der Waals surface area (Å²) in [4.78, 5) is 1.16. The van der Waals surface area contributed by atoms with Crippen LogP contribution in [0, 0.1) is 5.92 Å². The number of halogens is 1. The van der Waals surface area contributed by atoms with E-state index in [1.54, 1.807) is 11.8 Å². The van der Waals surface area contributed by atoms with Gasteiger partial charge in [0.1, 0.15) is 0 Å². The van der Waals surface area contributed by atoms with Gasteiger partial charge in [0.2, 0.25) is 0 Å². The van der Waals surface area contributed by atoms with Gasteiger partial charge in [-0.2, -0.15) is 0 Å². The van der Waals surface area contributed by atoms with Crippen molar-refractivity contribution < 1.29 is 5.11 Å². The summed E-state index contributed by atoms with van der Waals surface area (Å²) in [6.07, 6.45) is 0.868. The number of aliphatic hydroxyl groups is 1. The Labute approximate surface area is 129 Å². The first-order chi connectivity index (χ1) is 9.74. The normalized spacial score (nSPS) is 22.5. The Kier molecular flexibility index (Phi) is 4.35. The Bertz CT molecular complexity index is 555. The molecule has 1 aliphatic rings. The van der Waals surface area contributed by atoms with Crippen LogP contribution in [-0.2, 0) is 0 Å². The minimum absolute atomic E-state index is 0.235. The second-order valence-corrected chi connectivity index (χ2v) is 6.78. The molecule has 0 radical (unpaired) electrons. The summed E-state index contributed by atoms with van der Waals surface area (Å²) in [6, 6.07) is 18.3. The molecular formula is C17H17ClOS. The highest BCUT2D eigenvalue weighted by Crippen LogP contribution is 2.50. The van der Waals surface area contributed by atoms with E-state index in [0.29, 0.717) is 11.8 Å². The van der Waals surface area contributed by atoms with Crippen LogP contribution in [-0.4, -0.2) is 17.0 Å². The fourth-order valence-electron chi connectivity index (χ4n) is 2.56. The largest absolute Gasteiger partial charge is 0.392 e. The second-order valence-electron chi connectivity index (χ2n) is 5.25. The molecule has 20 heavy (non-hydrogen) atoms. The summed E-state index contributed by atoms with van der Waals surface area (Å²) in [5, 5.41) is 11.0.